The lowest BCUT2D eigenvalue weighted by Crippen LogP contribution is -2.31. The highest BCUT2D eigenvalue weighted by molar-refractivity contribution is 5.81. The molecule has 1 N–H and O–H groups in total. The van der Waals surface area contributed by atoms with Gasteiger partial charge in [-0.05, 0) is 36.3 Å². The molecule has 1 saturated carbocycles. The molecule has 1 heterocycles. The van der Waals surface area contributed by atoms with E-state index in [4.69, 9.17) is 0 Å². The number of likely N-dealkylation sites (tertiary alicyclic amines) is 1. The molecule has 22 heavy (non-hydrogen) atoms. The molecule has 6 heteroatoms. The molecule has 1 amide bonds. The molecule has 1 aromatic carbocycles. The van der Waals surface area contributed by atoms with Crippen molar-refractivity contribution in [3.8, 4) is 0 Å². The van der Waals surface area contributed by atoms with E-state index in [-0.39, 0.29) is 30.4 Å². The number of rotatable bonds is 4. The van der Waals surface area contributed by atoms with E-state index in [0.717, 1.165) is 25.0 Å². The summed E-state index contributed by atoms with van der Waals surface area (Å²) in [6.07, 6.45) is 1.86. The Kier molecular flexibility index (Phi) is 3.85. The van der Waals surface area contributed by atoms with E-state index < -0.39 is 23.5 Å². The minimum Gasteiger partial charge on any atom is -0.481 e. The van der Waals surface area contributed by atoms with Crippen LogP contribution in [0.5, 0.6) is 0 Å². The number of carboxylic acid groups (broad SMARTS) is 1. The minimum absolute atomic E-state index is 0.000449. The van der Waals surface area contributed by atoms with Gasteiger partial charge in [-0.15, -0.1) is 0 Å². The number of hydrogen-bond acceptors (Lipinski definition) is 2. The molecular weight excluding hydrogens is 292 g/mol. The zero-order valence-electron chi connectivity index (χ0n) is 12.0. The van der Waals surface area contributed by atoms with Crippen molar-refractivity contribution in [3.05, 3.63) is 35.4 Å². The Morgan fingerprint density at radius 2 is 1.95 bits per heavy atom. The molecule has 4 nitrogen and oxygen atoms in total. The Morgan fingerprint density at radius 1 is 1.23 bits per heavy atom. The smallest absolute Gasteiger partial charge is 0.308 e. The van der Waals surface area contributed by atoms with Crippen LogP contribution in [0, 0.1) is 29.4 Å². The summed E-state index contributed by atoms with van der Waals surface area (Å²) in [7, 11) is 0. The lowest BCUT2D eigenvalue weighted by molar-refractivity contribution is -0.142. The monoisotopic (exact) mass is 309 g/mol. The van der Waals surface area contributed by atoms with Gasteiger partial charge in [-0.2, -0.15) is 0 Å². The molecule has 2 atom stereocenters. The van der Waals surface area contributed by atoms with E-state index in [2.05, 4.69) is 0 Å². The number of halogens is 2. The van der Waals surface area contributed by atoms with Crippen LogP contribution in [-0.2, 0) is 16.0 Å². The van der Waals surface area contributed by atoms with Crippen molar-refractivity contribution in [2.24, 2.45) is 17.8 Å². The van der Waals surface area contributed by atoms with Crippen molar-refractivity contribution in [2.45, 2.75) is 19.3 Å². The molecule has 2 aliphatic rings. The normalized spacial score (nSPS) is 24.5. The highest BCUT2D eigenvalue weighted by Gasteiger charge is 2.46. The first kappa shape index (κ1) is 14.9. The van der Waals surface area contributed by atoms with Gasteiger partial charge in [0.1, 0.15) is 11.6 Å². The van der Waals surface area contributed by atoms with Crippen LogP contribution in [0.3, 0.4) is 0 Å². The zero-order valence-corrected chi connectivity index (χ0v) is 12.0. The SMILES string of the molecule is O=C(O)[C@H]1CN(C(=O)Cc2ccc(F)cc2F)C[C@@H]1C1CC1. The maximum absolute atomic E-state index is 13.6. The van der Waals surface area contributed by atoms with Gasteiger partial charge in [0, 0.05) is 19.2 Å². The van der Waals surface area contributed by atoms with Crippen LogP contribution >= 0.6 is 0 Å². The Labute approximate surface area is 126 Å². The van der Waals surface area contributed by atoms with Gasteiger partial charge in [-0.3, -0.25) is 9.59 Å². The Bertz CT molecular complexity index is 615. The van der Waals surface area contributed by atoms with Crippen LogP contribution in [0.2, 0.25) is 0 Å². The van der Waals surface area contributed by atoms with Gasteiger partial charge < -0.3 is 10.0 Å². The molecular formula is C16H17F2NO3. The van der Waals surface area contributed by atoms with Gasteiger partial charge in [-0.1, -0.05) is 6.07 Å². The van der Waals surface area contributed by atoms with Crippen molar-refractivity contribution in [1.82, 2.24) is 4.90 Å². The number of carboxylic acids is 1. The number of hydrogen-bond donors (Lipinski definition) is 1. The zero-order chi connectivity index (χ0) is 15.9. The molecule has 3 rings (SSSR count). The van der Waals surface area contributed by atoms with Gasteiger partial charge in [0.2, 0.25) is 5.91 Å². The van der Waals surface area contributed by atoms with Gasteiger partial charge in [0.05, 0.1) is 12.3 Å². The molecule has 0 aromatic heterocycles. The summed E-state index contributed by atoms with van der Waals surface area (Å²) >= 11 is 0. The number of aliphatic carboxylic acids is 1. The number of amides is 1. The van der Waals surface area contributed by atoms with Crippen molar-refractivity contribution >= 4 is 11.9 Å². The first-order valence-corrected chi connectivity index (χ1v) is 7.40. The molecule has 2 fully saturated rings. The number of benzene rings is 1. The summed E-state index contributed by atoms with van der Waals surface area (Å²) in [5.74, 6) is -2.76. The van der Waals surface area contributed by atoms with Crippen LogP contribution in [0.15, 0.2) is 18.2 Å². The Morgan fingerprint density at radius 3 is 2.55 bits per heavy atom. The molecule has 1 saturated heterocycles. The Hall–Kier alpha value is -1.98. The second-order valence-electron chi connectivity index (χ2n) is 6.16. The van der Waals surface area contributed by atoms with Crippen LogP contribution < -0.4 is 0 Å². The van der Waals surface area contributed by atoms with Gasteiger partial charge in [-0.25, -0.2) is 8.78 Å². The first-order chi connectivity index (χ1) is 10.5. The van der Waals surface area contributed by atoms with Crippen molar-refractivity contribution < 1.29 is 23.5 Å². The fourth-order valence-electron chi connectivity index (χ4n) is 3.24. The third-order valence-corrected chi connectivity index (χ3v) is 4.62. The van der Waals surface area contributed by atoms with E-state index in [1.165, 1.54) is 11.0 Å². The second kappa shape index (κ2) is 5.66. The van der Waals surface area contributed by atoms with Crippen molar-refractivity contribution in [2.75, 3.05) is 13.1 Å². The third-order valence-electron chi connectivity index (χ3n) is 4.62. The highest BCUT2D eigenvalue weighted by atomic mass is 19.1. The van der Waals surface area contributed by atoms with E-state index in [1.807, 2.05) is 0 Å². The molecule has 1 aliphatic carbocycles. The van der Waals surface area contributed by atoms with Gasteiger partial charge >= 0.3 is 5.97 Å². The summed E-state index contributed by atoms with van der Waals surface area (Å²) in [6, 6.07) is 3.12. The lowest BCUT2D eigenvalue weighted by atomic mass is 9.92. The molecule has 0 unspecified atom stereocenters. The van der Waals surface area contributed by atoms with Crippen LogP contribution in [0.4, 0.5) is 8.78 Å². The molecule has 0 radical (unpaired) electrons. The molecule has 0 spiro atoms. The molecule has 0 bridgehead atoms. The average Bonchev–Trinajstić information content (AvgIpc) is 3.20. The van der Waals surface area contributed by atoms with Crippen molar-refractivity contribution in [3.63, 3.8) is 0 Å². The quantitative estimate of drug-likeness (QED) is 0.926. The predicted octanol–water partition coefficient (Wildman–Crippen LogP) is 2.08. The molecule has 1 aromatic rings. The second-order valence-corrected chi connectivity index (χ2v) is 6.16. The van der Waals surface area contributed by atoms with E-state index in [0.29, 0.717) is 12.5 Å². The van der Waals surface area contributed by atoms with Crippen LogP contribution in [-0.4, -0.2) is 35.0 Å². The summed E-state index contributed by atoms with van der Waals surface area (Å²) in [5, 5.41) is 9.28. The standard InChI is InChI=1S/C16H17F2NO3/c17-11-4-3-10(14(18)6-11)5-15(20)19-7-12(9-1-2-9)13(8-19)16(21)22/h3-4,6,9,12-13H,1-2,5,7-8H2,(H,21,22)/t12-,13+/m1/s1. The number of carbonyl (C=O) groups is 2. The number of nitrogens with zero attached hydrogens (tertiary/aromatic N) is 1. The fourth-order valence-corrected chi connectivity index (χ4v) is 3.24. The molecule has 1 aliphatic heterocycles. The topological polar surface area (TPSA) is 57.6 Å². The highest BCUT2D eigenvalue weighted by Crippen LogP contribution is 2.44. The average molecular weight is 309 g/mol. The summed E-state index contributed by atoms with van der Waals surface area (Å²) in [4.78, 5) is 25.1. The lowest BCUT2D eigenvalue weighted by Gasteiger charge is -2.16. The van der Waals surface area contributed by atoms with Crippen molar-refractivity contribution in [1.29, 1.82) is 0 Å². The van der Waals surface area contributed by atoms with Crippen LogP contribution in [0.1, 0.15) is 18.4 Å². The summed E-state index contributed by atoms with van der Waals surface area (Å²) < 4.78 is 26.5. The van der Waals surface area contributed by atoms with Crippen LogP contribution in [0.25, 0.3) is 0 Å². The van der Waals surface area contributed by atoms with E-state index in [1.54, 1.807) is 0 Å². The van der Waals surface area contributed by atoms with E-state index >= 15 is 0 Å². The maximum Gasteiger partial charge on any atom is 0.308 e. The summed E-state index contributed by atoms with van der Waals surface area (Å²) in [5.41, 5.74) is 0.133. The third kappa shape index (κ3) is 2.96. The number of carbonyl (C=O) groups excluding carboxylic acids is 1. The predicted molar refractivity (Wildman–Crippen MR) is 74.0 cm³/mol. The summed E-state index contributed by atoms with van der Waals surface area (Å²) in [6.45, 7) is 0.599. The van der Waals surface area contributed by atoms with E-state index in [9.17, 15) is 23.5 Å². The maximum atomic E-state index is 13.6. The minimum atomic E-state index is -0.875. The molecule has 118 valence electrons. The Balaban J connectivity index is 1.69. The first-order valence-electron chi connectivity index (χ1n) is 7.40. The van der Waals surface area contributed by atoms with Gasteiger partial charge in [0.15, 0.2) is 0 Å². The van der Waals surface area contributed by atoms with Gasteiger partial charge in [0.25, 0.3) is 0 Å². The fraction of sp³-hybridized carbons (Fsp3) is 0.500. The largest absolute Gasteiger partial charge is 0.481 e.